The number of aromatic nitrogens is 2. The largest absolute Gasteiger partial charge is 0.341 e. The molecule has 2 fully saturated rings. The van der Waals surface area contributed by atoms with Gasteiger partial charge in [-0.3, -0.25) is 4.79 Å². The van der Waals surface area contributed by atoms with Gasteiger partial charge in [-0.15, -0.1) is 0 Å². The zero-order valence-electron chi connectivity index (χ0n) is 14.5. The first-order valence-electron chi connectivity index (χ1n) is 9.49. The minimum absolute atomic E-state index is 0.0891. The van der Waals surface area contributed by atoms with Crippen molar-refractivity contribution in [3.05, 3.63) is 6.20 Å². The average molecular weight is 329 g/mol. The summed E-state index contributed by atoms with van der Waals surface area (Å²) in [6.45, 7) is 4.15. The van der Waals surface area contributed by atoms with Crippen LogP contribution in [0.4, 0.5) is 17.5 Å². The maximum atomic E-state index is 12.5. The Morgan fingerprint density at radius 1 is 1.17 bits per heavy atom. The second-order valence-corrected chi connectivity index (χ2v) is 7.21. The highest BCUT2D eigenvalue weighted by Crippen LogP contribution is 2.38. The molecule has 1 saturated heterocycles. The molecule has 0 unspecified atom stereocenters. The van der Waals surface area contributed by atoms with Gasteiger partial charge in [-0.2, -0.15) is 4.98 Å². The molecular weight excluding hydrogens is 302 g/mol. The number of nitrogens with zero attached hydrogens (tertiary/aromatic N) is 4. The summed E-state index contributed by atoms with van der Waals surface area (Å²) < 4.78 is 0. The van der Waals surface area contributed by atoms with Gasteiger partial charge in [0.1, 0.15) is 11.7 Å². The van der Waals surface area contributed by atoms with Gasteiger partial charge in [-0.1, -0.05) is 19.8 Å². The third kappa shape index (κ3) is 2.72. The molecule has 0 spiro atoms. The molecule has 1 saturated carbocycles. The predicted molar refractivity (Wildman–Crippen MR) is 95.5 cm³/mol. The zero-order chi connectivity index (χ0) is 16.5. The highest BCUT2D eigenvalue weighted by molar-refractivity contribution is 6.02. The summed E-state index contributed by atoms with van der Waals surface area (Å²) in [5.74, 6) is 1.84. The van der Waals surface area contributed by atoms with Crippen molar-refractivity contribution in [1.82, 2.24) is 9.97 Å². The molecule has 2 aliphatic heterocycles. The molecule has 3 aliphatic rings. The molecule has 3 heterocycles. The fraction of sp³-hybridized carbons (Fsp3) is 0.722. The van der Waals surface area contributed by atoms with Crippen molar-refractivity contribution in [2.75, 3.05) is 28.2 Å². The summed E-state index contributed by atoms with van der Waals surface area (Å²) in [5.41, 5.74) is 0.775. The number of hydrogen-bond donors (Lipinski definition) is 1. The molecule has 1 aromatic heterocycles. The lowest BCUT2D eigenvalue weighted by molar-refractivity contribution is -0.117. The molecule has 6 nitrogen and oxygen atoms in total. The average Bonchev–Trinajstić information content (AvgIpc) is 3.15. The van der Waals surface area contributed by atoms with E-state index in [2.05, 4.69) is 27.0 Å². The molecule has 1 aromatic rings. The number of fused-ring (bicyclic) bond motifs is 1. The van der Waals surface area contributed by atoms with Gasteiger partial charge in [0.2, 0.25) is 11.9 Å². The summed E-state index contributed by atoms with van der Waals surface area (Å²) in [6.07, 6.45) is 11.1. The maximum Gasteiger partial charge on any atom is 0.247 e. The van der Waals surface area contributed by atoms with Gasteiger partial charge in [0.05, 0.1) is 6.20 Å². The van der Waals surface area contributed by atoms with Crippen LogP contribution in [0.2, 0.25) is 0 Å². The highest BCUT2D eigenvalue weighted by Gasteiger charge is 2.38. The van der Waals surface area contributed by atoms with E-state index in [0.29, 0.717) is 6.04 Å². The highest BCUT2D eigenvalue weighted by atomic mass is 16.2. The first-order chi connectivity index (χ1) is 11.8. The first-order valence-corrected chi connectivity index (χ1v) is 9.49. The van der Waals surface area contributed by atoms with Crippen molar-refractivity contribution in [3.63, 3.8) is 0 Å². The Labute approximate surface area is 143 Å². The second-order valence-electron chi connectivity index (χ2n) is 7.21. The number of amides is 1. The van der Waals surface area contributed by atoms with Crippen molar-refractivity contribution in [1.29, 1.82) is 0 Å². The molecule has 0 aromatic carbocycles. The number of anilines is 3. The Bertz CT molecular complexity index is 607. The summed E-state index contributed by atoms with van der Waals surface area (Å²) in [5, 5.41) is 3.02. The molecule has 0 bridgehead atoms. The third-order valence-electron chi connectivity index (χ3n) is 5.64. The van der Waals surface area contributed by atoms with E-state index in [0.717, 1.165) is 49.8 Å². The normalized spacial score (nSPS) is 24.9. The molecule has 130 valence electrons. The molecule has 24 heavy (non-hydrogen) atoms. The molecule has 1 N–H and O–H groups in total. The van der Waals surface area contributed by atoms with Gasteiger partial charge in [0.15, 0.2) is 5.82 Å². The van der Waals surface area contributed by atoms with Gasteiger partial charge in [0, 0.05) is 19.1 Å². The Morgan fingerprint density at radius 2 is 1.92 bits per heavy atom. The number of piperidine rings is 1. The first kappa shape index (κ1) is 15.7. The van der Waals surface area contributed by atoms with Crippen LogP contribution in [-0.2, 0) is 4.79 Å². The quantitative estimate of drug-likeness (QED) is 0.924. The van der Waals surface area contributed by atoms with Crippen LogP contribution in [0.3, 0.4) is 0 Å². The molecule has 1 atom stereocenters. The minimum Gasteiger partial charge on any atom is -0.341 e. The van der Waals surface area contributed by atoms with Crippen LogP contribution < -0.4 is 15.1 Å². The van der Waals surface area contributed by atoms with E-state index < -0.39 is 0 Å². The Hall–Kier alpha value is -1.85. The SMILES string of the molecule is CC[C@@H]1C(=O)Nc2cnc(N3CCCCC3)nc2N1C1CCCC1. The molecule has 1 aliphatic carbocycles. The van der Waals surface area contributed by atoms with Crippen LogP contribution in [0.15, 0.2) is 6.20 Å². The summed E-state index contributed by atoms with van der Waals surface area (Å²) in [6, 6.07) is 0.327. The predicted octanol–water partition coefficient (Wildman–Crippen LogP) is 2.95. The van der Waals surface area contributed by atoms with Crippen LogP contribution in [0.1, 0.15) is 58.3 Å². The molecule has 4 rings (SSSR count). The van der Waals surface area contributed by atoms with Gasteiger partial charge in [0.25, 0.3) is 0 Å². The number of rotatable bonds is 3. The Balaban J connectivity index is 1.71. The molecule has 1 amide bonds. The third-order valence-corrected chi connectivity index (χ3v) is 5.64. The van der Waals surface area contributed by atoms with E-state index in [1.807, 2.05) is 0 Å². The molecule has 0 radical (unpaired) electrons. The summed E-state index contributed by atoms with van der Waals surface area (Å²) in [7, 11) is 0. The number of carbonyl (C=O) groups is 1. The van der Waals surface area contributed by atoms with E-state index in [4.69, 9.17) is 4.98 Å². The number of carbonyl (C=O) groups excluding carboxylic acids is 1. The fourth-order valence-corrected chi connectivity index (χ4v) is 4.38. The van der Waals surface area contributed by atoms with Crippen molar-refractivity contribution in [3.8, 4) is 0 Å². The lowest BCUT2D eigenvalue weighted by Gasteiger charge is -2.41. The van der Waals surface area contributed by atoms with E-state index in [1.165, 1.54) is 32.1 Å². The lowest BCUT2D eigenvalue weighted by Crippen LogP contribution is -2.52. The van der Waals surface area contributed by atoms with Crippen molar-refractivity contribution in [2.24, 2.45) is 0 Å². The smallest absolute Gasteiger partial charge is 0.247 e. The summed E-state index contributed by atoms with van der Waals surface area (Å²) >= 11 is 0. The van der Waals surface area contributed by atoms with Crippen LogP contribution in [0.5, 0.6) is 0 Å². The van der Waals surface area contributed by atoms with Crippen molar-refractivity contribution >= 4 is 23.4 Å². The standard InChI is InChI=1S/C18H27N5O/c1-2-15-17(24)20-14-12-19-18(22-10-6-3-7-11-22)21-16(14)23(15)13-8-4-5-9-13/h12-13,15H,2-11H2,1H3,(H,20,24)/t15-/m1/s1. The van der Waals surface area contributed by atoms with E-state index in [-0.39, 0.29) is 11.9 Å². The summed E-state index contributed by atoms with van der Waals surface area (Å²) in [4.78, 5) is 26.6. The van der Waals surface area contributed by atoms with Crippen LogP contribution in [-0.4, -0.2) is 41.0 Å². The van der Waals surface area contributed by atoms with Crippen molar-refractivity contribution < 1.29 is 4.79 Å². The molecule has 6 heteroatoms. The van der Waals surface area contributed by atoms with Crippen molar-refractivity contribution in [2.45, 2.75) is 70.4 Å². The van der Waals surface area contributed by atoms with Gasteiger partial charge in [-0.05, 0) is 38.5 Å². The second kappa shape index (κ2) is 6.57. The molecular formula is C18H27N5O. The van der Waals surface area contributed by atoms with Crippen LogP contribution in [0.25, 0.3) is 0 Å². The van der Waals surface area contributed by atoms with Gasteiger partial charge in [-0.25, -0.2) is 4.98 Å². The number of nitrogens with one attached hydrogen (secondary N) is 1. The van der Waals surface area contributed by atoms with Gasteiger partial charge >= 0.3 is 0 Å². The van der Waals surface area contributed by atoms with E-state index in [9.17, 15) is 4.79 Å². The van der Waals surface area contributed by atoms with Gasteiger partial charge < -0.3 is 15.1 Å². The van der Waals surface area contributed by atoms with Crippen LogP contribution in [0, 0.1) is 0 Å². The Morgan fingerprint density at radius 3 is 2.62 bits per heavy atom. The fourth-order valence-electron chi connectivity index (χ4n) is 4.38. The lowest BCUT2D eigenvalue weighted by atomic mass is 10.0. The minimum atomic E-state index is -0.107. The zero-order valence-corrected chi connectivity index (χ0v) is 14.5. The monoisotopic (exact) mass is 329 g/mol. The topological polar surface area (TPSA) is 61.4 Å². The maximum absolute atomic E-state index is 12.5. The Kier molecular flexibility index (Phi) is 4.29. The van der Waals surface area contributed by atoms with E-state index in [1.54, 1.807) is 6.20 Å². The van der Waals surface area contributed by atoms with Crippen LogP contribution >= 0.6 is 0 Å². The number of hydrogen-bond acceptors (Lipinski definition) is 5. The van der Waals surface area contributed by atoms with E-state index >= 15 is 0 Å².